The van der Waals surface area contributed by atoms with Gasteiger partial charge in [0.1, 0.15) is 6.33 Å². The van der Waals surface area contributed by atoms with E-state index in [1.807, 2.05) is 0 Å². The minimum absolute atomic E-state index is 0.0764. The van der Waals surface area contributed by atoms with Gasteiger partial charge in [0.25, 0.3) is 0 Å². The number of aryl methyl sites for hydroxylation is 2. The maximum absolute atomic E-state index is 5.45. The molecule has 1 aliphatic carbocycles. The van der Waals surface area contributed by atoms with Gasteiger partial charge in [0.2, 0.25) is 5.89 Å². The molecular formula is C18H22N6O. The van der Waals surface area contributed by atoms with Crippen molar-refractivity contribution >= 4 is 0 Å². The summed E-state index contributed by atoms with van der Waals surface area (Å²) in [6, 6.07) is 8.86. The van der Waals surface area contributed by atoms with Crippen molar-refractivity contribution in [2.45, 2.75) is 57.4 Å². The molecule has 0 aliphatic heterocycles. The number of hydrogen-bond donors (Lipinski definition) is 0. The Balaban J connectivity index is 1.51. The Labute approximate surface area is 146 Å². The van der Waals surface area contributed by atoms with Crippen LogP contribution in [0.1, 0.15) is 56.5 Å². The van der Waals surface area contributed by atoms with Gasteiger partial charge < -0.3 is 4.52 Å². The third-order valence-electron chi connectivity index (χ3n) is 4.90. The van der Waals surface area contributed by atoms with E-state index >= 15 is 0 Å². The third kappa shape index (κ3) is 3.06. The molecule has 0 N–H and O–H groups in total. The average Bonchev–Trinajstić information content (AvgIpc) is 3.01. The van der Waals surface area contributed by atoms with Crippen LogP contribution in [-0.4, -0.2) is 30.3 Å². The maximum atomic E-state index is 5.45. The minimum atomic E-state index is -0.0764. The Hall–Kier alpha value is -2.57. The molecule has 0 atom stereocenters. The van der Waals surface area contributed by atoms with Crippen LogP contribution in [-0.2, 0) is 23.8 Å². The van der Waals surface area contributed by atoms with E-state index in [1.54, 1.807) is 11.0 Å². The van der Waals surface area contributed by atoms with Crippen LogP contribution in [0.2, 0.25) is 0 Å². The molecule has 0 amide bonds. The van der Waals surface area contributed by atoms with Crippen molar-refractivity contribution in [2.24, 2.45) is 0 Å². The highest BCUT2D eigenvalue weighted by atomic mass is 16.5. The lowest BCUT2D eigenvalue weighted by molar-refractivity contribution is 0.361. The second-order valence-corrected chi connectivity index (χ2v) is 7.74. The second-order valence-electron chi connectivity index (χ2n) is 7.74. The number of rotatable bonds is 5. The van der Waals surface area contributed by atoms with E-state index in [4.69, 9.17) is 4.52 Å². The van der Waals surface area contributed by atoms with Gasteiger partial charge in [-0.15, -0.1) is 5.10 Å². The van der Waals surface area contributed by atoms with Gasteiger partial charge >= 0.3 is 0 Å². The van der Waals surface area contributed by atoms with E-state index in [0.29, 0.717) is 18.9 Å². The van der Waals surface area contributed by atoms with Crippen LogP contribution >= 0.6 is 0 Å². The van der Waals surface area contributed by atoms with E-state index in [2.05, 4.69) is 70.7 Å². The average molecular weight is 338 g/mol. The Kier molecular flexibility index (Phi) is 3.67. The predicted molar refractivity (Wildman–Crippen MR) is 91.0 cm³/mol. The summed E-state index contributed by atoms with van der Waals surface area (Å²) in [6.45, 7) is 7.31. The highest BCUT2D eigenvalue weighted by Crippen LogP contribution is 2.52. The van der Waals surface area contributed by atoms with Gasteiger partial charge in [-0.3, -0.25) is 0 Å². The molecular weight excluding hydrogens is 316 g/mol. The van der Waals surface area contributed by atoms with Gasteiger partial charge in [0.05, 0.1) is 12.0 Å². The molecule has 1 fully saturated rings. The molecule has 0 radical (unpaired) electrons. The Bertz CT molecular complexity index is 841. The number of hydrogen-bond acceptors (Lipinski definition) is 6. The summed E-state index contributed by atoms with van der Waals surface area (Å²) in [5.74, 6) is 1.42. The molecule has 7 heteroatoms. The predicted octanol–water partition coefficient (Wildman–Crippen LogP) is 2.68. The van der Waals surface area contributed by atoms with Gasteiger partial charge in [-0.1, -0.05) is 50.2 Å². The highest BCUT2D eigenvalue weighted by molar-refractivity contribution is 5.41. The zero-order valence-electron chi connectivity index (χ0n) is 14.8. The van der Waals surface area contributed by atoms with Crippen molar-refractivity contribution in [3.63, 3.8) is 0 Å². The van der Waals surface area contributed by atoms with E-state index in [9.17, 15) is 0 Å². The first-order valence-corrected chi connectivity index (χ1v) is 8.62. The summed E-state index contributed by atoms with van der Waals surface area (Å²) in [4.78, 5) is 4.63. The number of tetrazole rings is 1. The zero-order chi connectivity index (χ0) is 17.5. The Morgan fingerprint density at radius 1 is 1.16 bits per heavy atom. The van der Waals surface area contributed by atoms with E-state index < -0.39 is 0 Å². The summed E-state index contributed by atoms with van der Waals surface area (Å²) in [6.07, 6.45) is 4.33. The number of aromatic nitrogens is 6. The highest BCUT2D eigenvalue weighted by Gasteiger charge is 2.50. The fourth-order valence-corrected chi connectivity index (χ4v) is 3.10. The standard InChI is InChI=1S/C18H22N6O/c1-17(2,3)13-4-6-14(7-5-13)18(9-10-18)16-20-15(25-21-16)8-11-24-12-19-22-23-24/h4-7,12H,8-11H2,1-3H3. The van der Waals surface area contributed by atoms with Crippen LogP contribution in [0.4, 0.5) is 0 Å². The quantitative estimate of drug-likeness (QED) is 0.711. The third-order valence-corrected chi connectivity index (χ3v) is 4.90. The maximum Gasteiger partial charge on any atom is 0.228 e. The molecule has 7 nitrogen and oxygen atoms in total. The lowest BCUT2D eigenvalue weighted by Gasteiger charge is -2.20. The largest absolute Gasteiger partial charge is 0.339 e. The monoisotopic (exact) mass is 338 g/mol. The summed E-state index contributed by atoms with van der Waals surface area (Å²) in [5, 5.41) is 15.3. The molecule has 1 saturated carbocycles. The number of nitrogens with zero attached hydrogens (tertiary/aromatic N) is 6. The van der Waals surface area contributed by atoms with Crippen LogP contribution < -0.4 is 0 Å². The summed E-state index contributed by atoms with van der Waals surface area (Å²) >= 11 is 0. The van der Waals surface area contributed by atoms with Crippen molar-refractivity contribution in [3.05, 3.63) is 53.4 Å². The van der Waals surface area contributed by atoms with Gasteiger partial charge in [0, 0.05) is 6.42 Å². The molecule has 0 saturated heterocycles. The fourth-order valence-electron chi connectivity index (χ4n) is 3.10. The molecule has 3 aromatic rings. The molecule has 2 aromatic heterocycles. The van der Waals surface area contributed by atoms with E-state index in [1.165, 1.54) is 11.1 Å². The van der Waals surface area contributed by atoms with Crippen molar-refractivity contribution in [1.82, 2.24) is 30.3 Å². The Morgan fingerprint density at radius 3 is 2.52 bits per heavy atom. The van der Waals surface area contributed by atoms with Gasteiger partial charge in [0.15, 0.2) is 5.82 Å². The van der Waals surface area contributed by atoms with Gasteiger partial charge in [-0.05, 0) is 39.8 Å². The summed E-state index contributed by atoms with van der Waals surface area (Å²) in [5.41, 5.74) is 2.69. The van der Waals surface area contributed by atoms with E-state index in [-0.39, 0.29) is 10.8 Å². The molecule has 0 unspecified atom stereocenters. The Morgan fingerprint density at radius 2 is 1.92 bits per heavy atom. The lowest BCUT2D eigenvalue weighted by atomic mass is 9.85. The topological polar surface area (TPSA) is 82.5 Å². The van der Waals surface area contributed by atoms with Crippen molar-refractivity contribution in [1.29, 1.82) is 0 Å². The van der Waals surface area contributed by atoms with Crippen molar-refractivity contribution < 1.29 is 4.52 Å². The minimum Gasteiger partial charge on any atom is -0.339 e. The molecule has 4 rings (SSSR count). The number of benzene rings is 1. The molecule has 130 valence electrons. The summed E-state index contributed by atoms with van der Waals surface area (Å²) in [7, 11) is 0. The zero-order valence-corrected chi connectivity index (χ0v) is 14.8. The van der Waals surface area contributed by atoms with Crippen LogP contribution in [0.15, 0.2) is 35.1 Å². The molecule has 2 heterocycles. The van der Waals surface area contributed by atoms with Crippen molar-refractivity contribution in [3.8, 4) is 0 Å². The molecule has 0 bridgehead atoms. The SMILES string of the molecule is CC(C)(C)c1ccc(C2(c3noc(CCn4cnnn4)n3)CC2)cc1. The van der Waals surface area contributed by atoms with Crippen LogP contribution in [0.5, 0.6) is 0 Å². The first kappa shape index (κ1) is 15.9. The first-order chi connectivity index (χ1) is 12.0. The molecule has 1 aliphatic rings. The van der Waals surface area contributed by atoms with Crippen LogP contribution in [0.3, 0.4) is 0 Å². The molecule has 1 aromatic carbocycles. The van der Waals surface area contributed by atoms with Gasteiger partial charge in [-0.25, -0.2) is 4.68 Å². The van der Waals surface area contributed by atoms with Crippen LogP contribution in [0, 0.1) is 0 Å². The first-order valence-electron chi connectivity index (χ1n) is 8.62. The van der Waals surface area contributed by atoms with Crippen LogP contribution in [0.25, 0.3) is 0 Å². The molecule has 25 heavy (non-hydrogen) atoms. The fraction of sp³-hybridized carbons (Fsp3) is 0.500. The van der Waals surface area contributed by atoms with Crippen molar-refractivity contribution in [2.75, 3.05) is 0 Å². The smallest absolute Gasteiger partial charge is 0.228 e. The van der Waals surface area contributed by atoms with Gasteiger partial charge in [-0.2, -0.15) is 4.98 Å². The molecule has 0 spiro atoms. The second kappa shape index (κ2) is 5.75. The lowest BCUT2D eigenvalue weighted by Crippen LogP contribution is -2.14. The normalized spacial score (nSPS) is 16.1. The summed E-state index contributed by atoms with van der Waals surface area (Å²) < 4.78 is 7.10. The van der Waals surface area contributed by atoms with E-state index in [0.717, 1.165) is 18.7 Å².